The number of benzene rings is 1. The summed E-state index contributed by atoms with van der Waals surface area (Å²) in [5, 5.41) is 8.73. The number of aromatic amines is 1. The second-order valence-corrected chi connectivity index (χ2v) is 3.65. The average molecular weight is 230 g/mol. The van der Waals surface area contributed by atoms with Crippen LogP contribution in [-0.4, -0.2) is 4.98 Å². The molecule has 0 amide bonds. The Labute approximate surface area is 97.0 Å². The van der Waals surface area contributed by atoms with Gasteiger partial charge in [-0.1, -0.05) is 24.4 Å². The van der Waals surface area contributed by atoms with E-state index in [2.05, 4.69) is 4.98 Å². The van der Waals surface area contributed by atoms with E-state index in [4.69, 9.17) is 17.5 Å². The van der Waals surface area contributed by atoms with Crippen LogP contribution in [0.15, 0.2) is 36.4 Å². The van der Waals surface area contributed by atoms with Crippen molar-refractivity contribution in [3.63, 3.8) is 0 Å². The van der Waals surface area contributed by atoms with Crippen molar-refractivity contribution in [3.8, 4) is 17.3 Å². The minimum atomic E-state index is -0.304. The molecular formula is C12H7FN2S. The van der Waals surface area contributed by atoms with Gasteiger partial charge in [0.15, 0.2) is 0 Å². The third-order valence-corrected chi connectivity index (χ3v) is 2.49. The van der Waals surface area contributed by atoms with Crippen molar-refractivity contribution in [2.45, 2.75) is 0 Å². The van der Waals surface area contributed by atoms with Crippen LogP contribution in [0.25, 0.3) is 11.3 Å². The van der Waals surface area contributed by atoms with Gasteiger partial charge in [0.25, 0.3) is 0 Å². The fourth-order valence-electron chi connectivity index (χ4n) is 1.39. The average Bonchev–Trinajstić information content (AvgIpc) is 2.29. The zero-order valence-electron chi connectivity index (χ0n) is 8.20. The second kappa shape index (κ2) is 4.25. The van der Waals surface area contributed by atoms with E-state index in [-0.39, 0.29) is 5.82 Å². The van der Waals surface area contributed by atoms with Gasteiger partial charge in [0.05, 0.1) is 5.56 Å². The number of nitrogens with zero attached hydrogens (tertiary/aromatic N) is 1. The first-order chi connectivity index (χ1) is 7.70. The molecule has 0 saturated carbocycles. The van der Waals surface area contributed by atoms with Crippen molar-refractivity contribution in [2.24, 2.45) is 0 Å². The molecule has 1 aromatic carbocycles. The van der Waals surface area contributed by atoms with E-state index in [1.165, 1.54) is 12.1 Å². The summed E-state index contributed by atoms with van der Waals surface area (Å²) in [5.41, 5.74) is 1.81. The van der Waals surface area contributed by atoms with Crippen molar-refractivity contribution >= 4 is 12.2 Å². The van der Waals surface area contributed by atoms with Gasteiger partial charge in [-0.3, -0.25) is 0 Å². The number of nitrogens with one attached hydrogen (secondary N) is 1. The maximum absolute atomic E-state index is 13.0. The molecule has 2 rings (SSSR count). The zero-order valence-corrected chi connectivity index (χ0v) is 9.01. The first-order valence-electron chi connectivity index (χ1n) is 4.60. The van der Waals surface area contributed by atoms with Crippen molar-refractivity contribution in [2.75, 3.05) is 0 Å². The van der Waals surface area contributed by atoms with Crippen molar-refractivity contribution < 1.29 is 4.39 Å². The van der Waals surface area contributed by atoms with E-state index in [0.717, 1.165) is 0 Å². The van der Waals surface area contributed by atoms with Crippen LogP contribution in [0.5, 0.6) is 0 Å². The summed E-state index contributed by atoms with van der Waals surface area (Å²) in [7, 11) is 0. The van der Waals surface area contributed by atoms with Gasteiger partial charge in [-0.05, 0) is 24.3 Å². The summed E-state index contributed by atoms with van der Waals surface area (Å²) in [6, 6.07) is 11.5. The molecule has 2 aromatic rings. The molecule has 0 atom stereocenters. The molecule has 0 spiro atoms. The van der Waals surface area contributed by atoms with Crippen molar-refractivity contribution in [1.29, 1.82) is 5.26 Å². The monoisotopic (exact) mass is 230 g/mol. The molecule has 0 saturated heterocycles. The molecule has 0 bridgehead atoms. The lowest BCUT2D eigenvalue weighted by Gasteiger charge is -2.02. The SMILES string of the molecule is N#Cc1ccc(-c2cccc(F)c2)[nH]c1=S. The van der Waals surface area contributed by atoms with E-state index in [1.807, 2.05) is 6.07 Å². The minimum Gasteiger partial charge on any atom is -0.345 e. The lowest BCUT2D eigenvalue weighted by atomic mass is 10.1. The number of H-pyrrole nitrogens is 1. The number of hydrogen-bond acceptors (Lipinski definition) is 2. The van der Waals surface area contributed by atoms with Gasteiger partial charge in [-0.2, -0.15) is 5.26 Å². The number of halogens is 1. The molecule has 1 N–H and O–H groups in total. The normalized spacial score (nSPS) is 9.75. The summed E-state index contributed by atoms with van der Waals surface area (Å²) in [6.07, 6.45) is 0. The highest BCUT2D eigenvalue weighted by Crippen LogP contribution is 2.18. The molecule has 1 aromatic heterocycles. The largest absolute Gasteiger partial charge is 0.345 e. The van der Waals surface area contributed by atoms with E-state index >= 15 is 0 Å². The summed E-state index contributed by atoms with van der Waals surface area (Å²) >= 11 is 5.00. The third kappa shape index (κ3) is 2.00. The Hall–Kier alpha value is -1.99. The highest BCUT2D eigenvalue weighted by atomic mass is 32.1. The molecule has 0 aliphatic heterocycles. The molecule has 16 heavy (non-hydrogen) atoms. The summed E-state index contributed by atoms with van der Waals surface area (Å²) in [5.74, 6) is -0.304. The number of rotatable bonds is 1. The molecule has 4 heteroatoms. The summed E-state index contributed by atoms with van der Waals surface area (Å²) in [4.78, 5) is 2.90. The molecule has 0 aliphatic carbocycles. The first-order valence-corrected chi connectivity index (χ1v) is 5.01. The molecule has 0 radical (unpaired) electrons. The third-order valence-electron chi connectivity index (χ3n) is 2.17. The Morgan fingerprint density at radius 1 is 1.25 bits per heavy atom. The Morgan fingerprint density at radius 2 is 2.06 bits per heavy atom. The Kier molecular flexibility index (Phi) is 2.80. The van der Waals surface area contributed by atoms with Gasteiger partial charge in [-0.25, -0.2) is 4.39 Å². The van der Waals surface area contributed by atoms with E-state index in [0.29, 0.717) is 21.5 Å². The maximum Gasteiger partial charge on any atom is 0.123 e. The Bertz CT molecular complexity index is 625. The van der Waals surface area contributed by atoms with Crippen LogP contribution in [0, 0.1) is 21.8 Å². The van der Waals surface area contributed by atoms with Crippen LogP contribution in [0.1, 0.15) is 5.56 Å². The predicted molar refractivity (Wildman–Crippen MR) is 61.7 cm³/mol. The Morgan fingerprint density at radius 3 is 2.69 bits per heavy atom. The van der Waals surface area contributed by atoms with Crippen molar-refractivity contribution in [3.05, 3.63) is 52.4 Å². The molecular weight excluding hydrogens is 223 g/mol. The van der Waals surface area contributed by atoms with Gasteiger partial charge in [-0.15, -0.1) is 0 Å². The maximum atomic E-state index is 13.0. The van der Waals surface area contributed by atoms with Crippen LogP contribution in [0.4, 0.5) is 4.39 Å². The number of hydrogen-bond donors (Lipinski definition) is 1. The molecule has 2 nitrogen and oxygen atoms in total. The second-order valence-electron chi connectivity index (χ2n) is 3.24. The highest BCUT2D eigenvalue weighted by Gasteiger charge is 2.01. The summed E-state index contributed by atoms with van der Waals surface area (Å²) in [6.45, 7) is 0. The van der Waals surface area contributed by atoms with Gasteiger partial charge >= 0.3 is 0 Å². The van der Waals surface area contributed by atoms with E-state index in [9.17, 15) is 4.39 Å². The van der Waals surface area contributed by atoms with E-state index in [1.54, 1.807) is 24.3 Å². The van der Waals surface area contributed by atoms with Gasteiger partial charge < -0.3 is 4.98 Å². The molecule has 1 heterocycles. The number of aromatic nitrogens is 1. The number of pyridine rings is 1. The quantitative estimate of drug-likeness (QED) is 0.762. The summed E-state index contributed by atoms with van der Waals surface area (Å²) < 4.78 is 13.4. The standard InChI is InChI=1S/C12H7FN2S/c13-10-3-1-2-8(6-10)11-5-4-9(7-14)12(16)15-11/h1-6H,(H,15,16). The lowest BCUT2D eigenvalue weighted by molar-refractivity contribution is 0.628. The van der Waals surface area contributed by atoms with Gasteiger partial charge in [0.1, 0.15) is 16.5 Å². The molecule has 0 unspecified atom stereocenters. The van der Waals surface area contributed by atoms with E-state index < -0.39 is 0 Å². The van der Waals surface area contributed by atoms with Crippen molar-refractivity contribution in [1.82, 2.24) is 4.98 Å². The Balaban J connectivity index is 2.55. The first kappa shape index (κ1) is 10.5. The predicted octanol–water partition coefficient (Wildman–Crippen LogP) is 3.42. The van der Waals surface area contributed by atoms with Crippen LogP contribution >= 0.6 is 12.2 Å². The molecule has 0 aliphatic rings. The number of nitriles is 1. The van der Waals surface area contributed by atoms with Crippen LogP contribution in [0.3, 0.4) is 0 Å². The zero-order chi connectivity index (χ0) is 11.5. The van der Waals surface area contributed by atoms with Crippen LogP contribution in [-0.2, 0) is 0 Å². The van der Waals surface area contributed by atoms with Gasteiger partial charge in [0.2, 0.25) is 0 Å². The lowest BCUT2D eigenvalue weighted by Crippen LogP contribution is -1.87. The van der Waals surface area contributed by atoms with Crippen LogP contribution in [0.2, 0.25) is 0 Å². The fraction of sp³-hybridized carbons (Fsp3) is 0. The fourth-order valence-corrected chi connectivity index (χ4v) is 1.61. The highest BCUT2D eigenvalue weighted by molar-refractivity contribution is 7.71. The minimum absolute atomic E-state index is 0.304. The molecule has 0 fully saturated rings. The topological polar surface area (TPSA) is 39.6 Å². The van der Waals surface area contributed by atoms with Gasteiger partial charge in [0, 0.05) is 11.3 Å². The van der Waals surface area contributed by atoms with Crippen LogP contribution < -0.4 is 0 Å². The smallest absolute Gasteiger partial charge is 0.123 e. The molecule has 78 valence electrons.